The summed E-state index contributed by atoms with van der Waals surface area (Å²) in [5, 5.41) is 3.06. The predicted octanol–water partition coefficient (Wildman–Crippen LogP) is 1.47. The van der Waals surface area contributed by atoms with Crippen LogP contribution in [-0.4, -0.2) is 31.2 Å². The van der Waals surface area contributed by atoms with Crippen molar-refractivity contribution in [2.75, 3.05) is 26.0 Å². The molecule has 0 saturated carbocycles. The number of hydrogen-bond donors (Lipinski definition) is 2. The predicted molar refractivity (Wildman–Crippen MR) is 67.1 cm³/mol. The summed E-state index contributed by atoms with van der Waals surface area (Å²) in [6.45, 7) is 1.28. The number of nitrogens with zero attached hydrogens (tertiary/aromatic N) is 1. The molecule has 94 valence electrons. The lowest BCUT2D eigenvalue weighted by atomic mass is 10.2. The standard InChI is InChI=1S/C11H16ClN3O2/c1-17-5-3-2-4-14-11(16)8-6-10(13)15-7-9(8)12/h6-7H,2-5H2,1H3,(H2,13,15)(H,14,16). The van der Waals surface area contributed by atoms with Crippen molar-refractivity contribution >= 4 is 23.3 Å². The third kappa shape index (κ3) is 4.58. The number of ether oxygens (including phenoxy) is 1. The number of nitrogens with two attached hydrogens (primary N) is 1. The molecule has 1 rings (SSSR count). The molecule has 0 saturated heterocycles. The van der Waals surface area contributed by atoms with Gasteiger partial charge < -0.3 is 15.8 Å². The maximum absolute atomic E-state index is 11.7. The van der Waals surface area contributed by atoms with E-state index >= 15 is 0 Å². The van der Waals surface area contributed by atoms with Crippen molar-refractivity contribution in [2.24, 2.45) is 0 Å². The van der Waals surface area contributed by atoms with E-state index < -0.39 is 0 Å². The Balaban J connectivity index is 2.44. The van der Waals surface area contributed by atoms with E-state index in [0.29, 0.717) is 23.7 Å². The van der Waals surface area contributed by atoms with Crippen LogP contribution < -0.4 is 11.1 Å². The smallest absolute Gasteiger partial charge is 0.252 e. The van der Waals surface area contributed by atoms with Gasteiger partial charge in [0.1, 0.15) is 5.82 Å². The maximum atomic E-state index is 11.7. The fourth-order valence-corrected chi connectivity index (χ4v) is 1.49. The number of pyridine rings is 1. The van der Waals surface area contributed by atoms with Crippen molar-refractivity contribution in [1.82, 2.24) is 10.3 Å². The number of halogens is 1. The molecule has 0 spiro atoms. The van der Waals surface area contributed by atoms with Gasteiger partial charge in [0, 0.05) is 26.5 Å². The topological polar surface area (TPSA) is 77.2 Å². The van der Waals surface area contributed by atoms with Gasteiger partial charge in [0.05, 0.1) is 10.6 Å². The van der Waals surface area contributed by atoms with E-state index in [2.05, 4.69) is 10.3 Å². The van der Waals surface area contributed by atoms with Crippen molar-refractivity contribution in [3.05, 3.63) is 22.8 Å². The number of carbonyl (C=O) groups is 1. The number of unbranched alkanes of at least 4 members (excludes halogenated alkanes) is 1. The summed E-state index contributed by atoms with van der Waals surface area (Å²) < 4.78 is 4.91. The summed E-state index contributed by atoms with van der Waals surface area (Å²) in [6.07, 6.45) is 3.14. The van der Waals surface area contributed by atoms with E-state index in [-0.39, 0.29) is 11.7 Å². The SMILES string of the molecule is COCCCCNC(=O)c1cc(N)ncc1Cl. The van der Waals surface area contributed by atoms with E-state index in [4.69, 9.17) is 22.1 Å². The zero-order valence-electron chi connectivity index (χ0n) is 9.70. The van der Waals surface area contributed by atoms with Gasteiger partial charge in [-0.2, -0.15) is 0 Å². The van der Waals surface area contributed by atoms with E-state index in [0.717, 1.165) is 12.8 Å². The lowest BCUT2D eigenvalue weighted by molar-refractivity contribution is 0.0951. The average Bonchev–Trinajstić information content (AvgIpc) is 2.32. The number of carbonyl (C=O) groups excluding carboxylic acids is 1. The van der Waals surface area contributed by atoms with Gasteiger partial charge in [-0.05, 0) is 18.9 Å². The molecule has 0 atom stereocenters. The number of aromatic nitrogens is 1. The molecule has 0 unspecified atom stereocenters. The number of methoxy groups -OCH3 is 1. The van der Waals surface area contributed by atoms with Crippen molar-refractivity contribution < 1.29 is 9.53 Å². The molecule has 6 heteroatoms. The molecule has 0 fully saturated rings. The van der Waals surface area contributed by atoms with Crippen LogP contribution in [-0.2, 0) is 4.74 Å². The molecule has 0 aliphatic rings. The molecule has 1 heterocycles. The lowest BCUT2D eigenvalue weighted by Crippen LogP contribution is -2.25. The number of nitrogen functional groups attached to an aromatic ring is 1. The van der Waals surface area contributed by atoms with Crippen LogP contribution in [0, 0.1) is 0 Å². The highest BCUT2D eigenvalue weighted by molar-refractivity contribution is 6.33. The molecule has 5 nitrogen and oxygen atoms in total. The minimum absolute atomic E-state index is 0.235. The quantitative estimate of drug-likeness (QED) is 0.757. The number of hydrogen-bond acceptors (Lipinski definition) is 4. The van der Waals surface area contributed by atoms with E-state index in [9.17, 15) is 4.79 Å². The fraction of sp³-hybridized carbons (Fsp3) is 0.455. The number of amides is 1. The monoisotopic (exact) mass is 257 g/mol. The second kappa shape index (κ2) is 7.09. The molecule has 0 aromatic carbocycles. The average molecular weight is 258 g/mol. The minimum Gasteiger partial charge on any atom is -0.385 e. The Kier molecular flexibility index (Phi) is 5.72. The van der Waals surface area contributed by atoms with Gasteiger partial charge in [-0.1, -0.05) is 11.6 Å². The first-order valence-electron chi connectivity index (χ1n) is 5.33. The van der Waals surface area contributed by atoms with Crippen LogP contribution in [0.15, 0.2) is 12.3 Å². The first kappa shape index (κ1) is 13.7. The van der Waals surface area contributed by atoms with Gasteiger partial charge in [0.25, 0.3) is 5.91 Å². The van der Waals surface area contributed by atoms with Gasteiger partial charge in [-0.3, -0.25) is 4.79 Å². The molecule has 17 heavy (non-hydrogen) atoms. The number of anilines is 1. The summed E-state index contributed by atoms with van der Waals surface area (Å²) in [4.78, 5) is 15.5. The fourth-order valence-electron chi connectivity index (χ4n) is 1.30. The van der Waals surface area contributed by atoms with Gasteiger partial charge in [0.15, 0.2) is 0 Å². The molecule has 0 aliphatic carbocycles. The Hall–Kier alpha value is -1.33. The Bertz CT molecular complexity index is 385. The molecule has 3 N–H and O–H groups in total. The Labute approximate surface area is 105 Å². The molecule has 1 aromatic heterocycles. The first-order valence-corrected chi connectivity index (χ1v) is 5.71. The van der Waals surface area contributed by atoms with Crippen molar-refractivity contribution in [2.45, 2.75) is 12.8 Å². The van der Waals surface area contributed by atoms with Gasteiger partial charge in [-0.15, -0.1) is 0 Å². The van der Waals surface area contributed by atoms with Crippen LogP contribution in [0.4, 0.5) is 5.82 Å². The summed E-state index contributed by atoms with van der Waals surface area (Å²) in [6, 6.07) is 1.47. The zero-order chi connectivity index (χ0) is 12.7. The van der Waals surface area contributed by atoms with E-state index in [1.165, 1.54) is 12.3 Å². The molecular formula is C11H16ClN3O2. The highest BCUT2D eigenvalue weighted by Crippen LogP contribution is 2.16. The Morgan fingerprint density at radius 3 is 3.06 bits per heavy atom. The number of rotatable bonds is 6. The summed E-state index contributed by atoms with van der Waals surface area (Å²) >= 11 is 5.85. The van der Waals surface area contributed by atoms with Crippen molar-refractivity contribution in [3.8, 4) is 0 Å². The minimum atomic E-state index is -0.235. The van der Waals surface area contributed by atoms with Crippen LogP contribution in [0.3, 0.4) is 0 Å². The third-order valence-electron chi connectivity index (χ3n) is 2.18. The summed E-state index contributed by atoms with van der Waals surface area (Å²) in [7, 11) is 1.65. The molecule has 1 amide bonds. The second-order valence-corrected chi connectivity index (χ2v) is 3.95. The van der Waals surface area contributed by atoms with E-state index in [1.807, 2.05) is 0 Å². The summed E-state index contributed by atoms with van der Waals surface area (Å²) in [5.74, 6) is 0.0421. The van der Waals surface area contributed by atoms with Gasteiger partial charge in [-0.25, -0.2) is 4.98 Å². The molecule has 0 radical (unpaired) electrons. The van der Waals surface area contributed by atoms with Crippen LogP contribution in [0.25, 0.3) is 0 Å². The van der Waals surface area contributed by atoms with Crippen LogP contribution >= 0.6 is 11.6 Å². The van der Waals surface area contributed by atoms with Crippen LogP contribution in [0.1, 0.15) is 23.2 Å². The largest absolute Gasteiger partial charge is 0.385 e. The molecule has 0 aliphatic heterocycles. The normalized spacial score (nSPS) is 10.2. The van der Waals surface area contributed by atoms with Crippen LogP contribution in [0.2, 0.25) is 5.02 Å². The van der Waals surface area contributed by atoms with Crippen molar-refractivity contribution in [3.63, 3.8) is 0 Å². The van der Waals surface area contributed by atoms with Gasteiger partial charge in [0.2, 0.25) is 0 Å². The first-order chi connectivity index (χ1) is 8.15. The molecular weight excluding hydrogens is 242 g/mol. The number of nitrogens with one attached hydrogen (secondary N) is 1. The Morgan fingerprint density at radius 1 is 1.59 bits per heavy atom. The highest BCUT2D eigenvalue weighted by atomic mass is 35.5. The maximum Gasteiger partial charge on any atom is 0.252 e. The third-order valence-corrected chi connectivity index (χ3v) is 2.48. The van der Waals surface area contributed by atoms with E-state index in [1.54, 1.807) is 7.11 Å². The van der Waals surface area contributed by atoms with Crippen LogP contribution in [0.5, 0.6) is 0 Å². The van der Waals surface area contributed by atoms with Gasteiger partial charge >= 0.3 is 0 Å². The molecule has 0 bridgehead atoms. The summed E-state index contributed by atoms with van der Waals surface area (Å²) in [5.41, 5.74) is 5.85. The second-order valence-electron chi connectivity index (χ2n) is 3.54. The van der Waals surface area contributed by atoms with Crippen molar-refractivity contribution in [1.29, 1.82) is 0 Å². The highest BCUT2D eigenvalue weighted by Gasteiger charge is 2.10. The lowest BCUT2D eigenvalue weighted by Gasteiger charge is -2.06. The zero-order valence-corrected chi connectivity index (χ0v) is 10.5. The molecule has 1 aromatic rings. The Morgan fingerprint density at radius 2 is 2.35 bits per heavy atom.